The number of H-pyrrole nitrogens is 1. The van der Waals surface area contributed by atoms with Crippen LogP contribution in [-0.2, 0) is 0 Å². The van der Waals surface area contributed by atoms with Gasteiger partial charge in [0.2, 0.25) is 0 Å². The Hall–Kier alpha value is -3.71. The van der Waals surface area contributed by atoms with Gasteiger partial charge in [0.25, 0.3) is 0 Å². The van der Waals surface area contributed by atoms with Gasteiger partial charge in [0.15, 0.2) is 5.13 Å². The lowest BCUT2D eigenvalue weighted by Crippen LogP contribution is -1.88. The van der Waals surface area contributed by atoms with Crippen molar-refractivity contribution in [3.8, 4) is 34.1 Å². The number of aromatic nitrogens is 4. The molecule has 0 atom stereocenters. The number of fused-ring (bicyclic) bond motifs is 1. The monoisotopic (exact) mass is 399 g/mol. The number of nitrogens with zero attached hydrogens (tertiary/aromatic N) is 3. The minimum absolute atomic E-state index is 0.552. The number of nitrogens with two attached hydrogens (primary N) is 1. The van der Waals surface area contributed by atoms with Crippen molar-refractivity contribution in [1.29, 1.82) is 0 Å². The molecule has 0 radical (unpaired) electrons. The third-order valence-electron chi connectivity index (χ3n) is 4.50. The van der Waals surface area contributed by atoms with Crippen molar-refractivity contribution in [1.82, 2.24) is 19.9 Å². The number of imidazole rings is 1. The van der Waals surface area contributed by atoms with Gasteiger partial charge in [-0.15, -0.1) is 0 Å². The molecule has 0 aliphatic rings. The molecule has 0 fully saturated rings. The van der Waals surface area contributed by atoms with E-state index in [1.54, 1.807) is 6.20 Å². The highest BCUT2D eigenvalue weighted by molar-refractivity contribution is 7.22. The van der Waals surface area contributed by atoms with E-state index in [2.05, 4.69) is 19.9 Å². The van der Waals surface area contributed by atoms with E-state index in [9.17, 15) is 0 Å². The van der Waals surface area contributed by atoms with E-state index in [1.807, 2.05) is 67.7 Å². The summed E-state index contributed by atoms with van der Waals surface area (Å²) in [5.41, 5.74) is 10.6. The van der Waals surface area contributed by atoms with E-state index >= 15 is 0 Å². The zero-order chi connectivity index (χ0) is 19.8. The number of pyridine rings is 1. The number of benzene rings is 2. The molecule has 0 saturated carbocycles. The van der Waals surface area contributed by atoms with Gasteiger partial charge in [-0.25, -0.2) is 9.97 Å². The fourth-order valence-electron chi connectivity index (χ4n) is 3.11. The molecule has 142 valence electrons. The second-order valence-electron chi connectivity index (χ2n) is 6.65. The van der Waals surface area contributed by atoms with Crippen molar-refractivity contribution in [3.63, 3.8) is 0 Å². The van der Waals surface area contributed by atoms with Crippen molar-refractivity contribution in [3.05, 3.63) is 72.7 Å². The summed E-state index contributed by atoms with van der Waals surface area (Å²) < 4.78 is 7.03. The molecule has 29 heavy (non-hydrogen) atoms. The first kappa shape index (κ1) is 17.4. The molecule has 5 aromatic rings. The molecule has 0 bridgehead atoms. The predicted octanol–water partition coefficient (Wildman–Crippen LogP) is 5.43. The minimum atomic E-state index is 0.552. The van der Waals surface area contributed by atoms with Gasteiger partial charge in [0, 0.05) is 41.3 Å². The van der Waals surface area contributed by atoms with Crippen LogP contribution in [0, 0.1) is 6.92 Å². The fourth-order valence-corrected chi connectivity index (χ4v) is 3.88. The van der Waals surface area contributed by atoms with Gasteiger partial charge >= 0.3 is 0 Å². The lowest BCUT2D eigenvalue weighted by molar-refractivity contribution is 0.483. The van der Waals surface area contributed by atoms with Crippen molar-refractivity contribution in [2.24, 2.45) is 0 Å². The van der Waals surface area contributed by atoms with Crippen LogP contribution in [0.15, 0.2) is 67.0 Å². The molecule has 0 aliphatic heterocycles. The molecule has 0 aliphatic carbocycles. The zero-order valence-corrected chi connectivity index (χ0v) is 16.4. The summed E-state index contributed by atoms with van der Waals surface area (Å²) in [7, 11) is 0. The maximum absolute atomic E-state index is 6.04. The van der Waals surface area contributed by atoms with Crippen molar-refractivity contribution >= 4 is 26.7 Å². The molecule has 2 aromatic carbocycles. The number of anilines is 1. The van der Waals surface area contributed by atoms with Crippen LogP contribution in [0.5, 0.6) is 11.5 Å². The van der Waals surface area contributed by atoms with Crippen LogP contribution in [0.25, 0.3) is 32.9 Å². The van der Waals surface area contributed by atoms with Crippen LogP contribution in [0.4, 0.5) is 5.13 Å². The molecule has 0 saturated heterocycles. The first-order chi connectivity index (χ1) is 14.1. The average Bonchev–Trinajstić information content (AvgIpc) is 3.32. The normalized spacial score (nSPS) is 11.1. The summed E-state index contributed by atoms with van der Waals surface area (Å²) in [6.07, 6.45) is 3.57. The number of aryl methyl sites for hydroxylation is 1. The molecule has 0 amide bonds. The van der Waals surface area contributed by atoms with E-state index in [0.717, 1.165) is 50.1 Å². The number of thiazole rings is 1. The molecular formula is C22H17N5OS. The van der Waals surface area contributed by atoms with Crippen LogP contribution in [0.3, 0.4) is 0 Å². The number of nitrogens with one attached hydrogen (secondary N) is 1. The Kier molecular flexibility index (Phi) is 4.22. The van der Waals surface area contributed by atoms with Gasteiger partial charge in [-0.3, -0.25) is 4.98 Å². The van der Waals surface area contributed by atoms with Gasteiger partial charge in [0.1, 0.15) is 17.3 Å². The zero-order valence-electron chi connectivity index (χ0n) is 15.6. The standard InChI is InChI=1S/C22H17N5OS/c1-13-12-25-21(26-13)15-4-2-14(3-5-15)19-10-17(8-9-24-19)28-16-6-7-18-20(11-16)29-22(23)27-18/h2-12H,1H3,(H2,23,27)(H,25,26). The molecule has 3 heterocycles. The first-order valence-electron chi connectivity index (χ1n) is 9.06. The quantitative estimate of drug-likeness (QED) is 0.420. The summed E-state index contributed by atoms with van der Waals surface area (Å²) in [4.78, 5) is 16.4. The Balaban J connectivity index is 1.40. The smallest absolute Gasteiger partial charge is 0.181 e. The van der Waals surface area contributed by atoms with Gasteiger partial charge in [0.05, 0.1) is 15.9 Å². The van der Waals surface area contributed by atoms with Crippen molar-refractivity contribution in [2.75, 3.05) is 5.73 Å². The van der Waals surface area contributed by atoms with E-state index in [1.165, 1.54) is 11.3 Å². The molecule has 3 aromatic heterocycles. The topological polar surface area (TPSA) is 89.7 Å². The van der Waals surface area contributed by atoms with E-state index < -0.39 is 0 Å². The summed E-state index contributed by atoms with van der Waals surface area (Å²) in [5, 5.41) is 0.552. The second-order valence-corrected chi connectivity index (χ2v) is 7.71. The van der Waals surface area contributed by atoms with Crippen LogP contribution >= 0.6 is 11.3 Å². The van der Waals surface area contributed by atoms with Crippen LogP contribution in [0.1, 0.15) is 5.69 Å². The predicted molar refractivity (Wildman–Crippen MR) is 116 cm³/mol. The third kappa shape index (κ3) is 3.55. The highest BCUT2D eigenvalue weighted by Crippen LogP contribution is 2.31. The van der Waals surface area contributed by atoms with Gasteiger partial charge in [-0.2, -0.15) is 0 Å². The summed E-state index contributed by atoms with van der Waals surface area (Å²) in [6, 6.07) is 17.7. The number of rotatable bonds is 4. The Bertz CT molecular complexity index is 1310. The lowest BCUT2D eigenvalue weighted by Gasteiger charge is -2.08. The maximum Gasteiger partial charge on any atom is 0.181 e. The average molecular weight is 399 g/mol. The third-order valence-corrected chi connectivity index (χ3v) is 5.35. The highest BCUT2D eigenvalue weighted by Gasteiger charge is 2.07. The number of aromatic amines is 1. The number of nitrogen functional groups attached to an aromatic ring is 1. The highest BCUT2D eigenvalue weighted by atomic mass is 32.1. The van der Waals surface area contributed by atoms with Crippen LogP contribution in [0.2, 0.25) is 0 Å². The molecule has 7 heteroatoms. The SMILES string of the molecule is Cc1cnc(-c2ccc(-c3cc(Oc4ccc5nc(N)sc5c4)ccn3)cc2)[nH]1. The Labute approximate surface area is 171 Å². The lowest BCUT2D eigenvalue weighted by atomic mass is 10.1. The van der Waals surface area contributed by atoms with Gasteiger partial charge in [-0.1, -0.05) is 35.6 Å². The molecule has 3 N–H and O–H groups in total. The Morgan fingerprint density at radius 1 is 0.931 bits per heavy atom. The van der Waals surface area contributed by atoms with E-state index in [-0.39, 0.29) is 0 Å². The van der Waals surface area contributed by atoms with Gasteiger partial charge < -0.3 is 15.5 Å². The van der Waals surface area contributed by atoms with E-state index in [0.29, 0.717) is 5.13 Å². The fraction of sp³-hybridized carbons (Fsp3) is 0.0455. The summed E-state index contributed by atoms with van der Waals surface area (Å²) >= 11 is 1.44. The largest absolute Gasteiger partial charge is 0.457 e. The van der Waals surface area contributed by atoms with Gasteiger partial charge in [-0.05, 0) is 25.1 Å². The maximum atomic E-state index is 6.04. The molecule has 0 unspecified atom stereocenters. The molecule has 6 nitrogen and oxygen atoms in total. The molecular weight excluding hydrogens is 382 g/mol. The Morgan fingerprint density at radius 2 is 1.72 bits per heavy atom. The number of hydrogen-bond donors (Lipinski definition) is 2. The van der Waals surface area contributed by atoms with Crippen LogP contribution < -0.4 is 10.5 Å². The first-order valence-corrected chi connectivity index (χ1v) is 9.88. The Morgan fingerprint density at radius 3 is 2.52 bits per heavy atom. The van der Waals surface area contributed by atoms with Crippen molar-refractivity contribution in [2.45, 2.75) is 6.92 Å². The number of hydrogen-bond acceptors (Lipinski definition) is 6. The van der Waals surface area contributed by atoms with E-state index in [4.69, 9.17) is 10.5 Å². The van der Waals surface area contributed by atoms with Crippen LogP contribution in [-0.4, -0.2) is 19.9 Å². The van der Waals surface area contributed by atoms with Crippen molar-refractivity contribution < 1.29 is 4.74 Å². The second kappa shape index (κ2) is 7.03. The minimum Gasteiger partial charge on any atom is -0.457 e. The molecule has 5 rings (SSSR count). The number of ether oxygens (including phenoxy) is 1. The summed E-state index contributed by atoms with van der Waals surface area (Å²) in [6.45, 7) is 1.99. The molecule has 0 spiro atoms. The summed E-state index contributed by atoms with van der Waals surface area (Å²) in [5.74, 6) is 2.32.